The Bertz CT molecular complexity index is 428. The summed E-state index contributed by atoms with van der Waals surface area (Å²) < 4.78 is 0. The molecule has 0 aliphatic carbocycles. The lowest BCUT2D eigenvalue weighted by Gasteiger charge is -2.08. The first-order valence-electron chi connectivity index (χ1n) is 5.29. The lowest BCUT2D eigenvalue weighted by molar-refractivity contribution is -0.118. The molecule has 0 aliphatic heterocycles. The molecule has 5 N–H and O–H groups in total. The van der Waals surface area contributed by atoms with E-state index in [0.29, 0.717) is 6.54 Å². The fourth-order valence-electron chi connectivity index (χ4n) is 1.26. The second kappa shape index (κ2) is 6.33. The fraction of sp³-hybridized carbons (Fsp3) is 0.273. The third kappa shape index (κ3) is 5.06. The minimum absolute atomic E-state index is 0.149. The van der Waals surface area contributed by atoms with E-state index in [9.17, 15) is 19.8 Å². The minimum Gasteiger partial charge on any atom is -0.508 e. The van der Waals surface area contributed by atoms with Gasteiger partial charge < -0.3 is 26.2 Å². The van der Waals surface area contributed by atoms with Gasteiger partial charge in [0.1, 0.15) is 11.5 Å². The highest BCUT2D eigenvalue weighted by atomic mass is 16.3. The van der Waals surface area contributed by atoms with Crippen molar-refractivity contribution < 1.29 is 19.8 Å². The normalized spacial score (nSPS) is 9.61. The standard InChI is InChI=1S/C11H15N3O4/c1-7(15)12-2-3-13-11(18)14-8-4-9(16)6-10(17)5-8/h4-6,16-17H,2-3H2,1H3,(H,12,15)(H2,13,14,18). The number of phenolic OH excluding ortho intramolecular Hbond substituents is 2. The highest BCUT2D eigenvalue weighted by Gasteiger charge is 2.03. The first-order chi connectivity index (χ1) is 8.47. The highest BCUT2D eigenvalue weighted by Crippen LogP contribution is 2.23. The van der Waals surface area contributed by atoms with Crippen LogP contribution in [0.4, 0.5) is 10.5 Å². The van der Waals surface area contributed by atoms with Crippen molar-refractivity contribution in [1.29, 1.82) is 0 Å². The van der Waals surface area contributed by atoms with Crippen LogP contribution in [-0.2, 0) is 4.79 Å². The van der Waals surface area contributed by atoms with Gasteiger partial charge in [0.15, 0.2) is 0 Å². The van der Waals surface area contributed by atoms with Gasteiger partial charge in [-0.1, -0.05) is 0 Å². The van der Waals surface area contributed by atoms with E-state index >= 15 is 0 Å². The molecule has 0 bridgehead atoms. The van der Waals surface area contributed by atoms with Crippen LogP contribution in [0, 0.1) is 0 Å². The number of urea groups is 1. The minimum atomic E-state index is -0.495. The molecule has 0 radical (unpaired) electrons. The average Bonchev–Trinajstić information content (AvgIpc) is 2.22. The quantitative estimate of drug-likeness (QED) is 0.499. The van der Waals surface area contributed by atoms with Gasteiger partial charge in [0.05, 0.1) is 0 Å². The third-order valence-electron chi connectivity index (χ3n) is 1.94. The Labute approximate surface area is 104 Å². The van der Waals surface area contributed by atoms with Gasteiger partial charge in [0.25, 0.3) is 0 Å². The van der Waals surface area contributed by atoms with E-state index in [4.69, 9.17) is 0 Å². The zero-order valence-electron chi connectivity index (χ0n) is 9.86. The van der Waals surface area contributed by atoms with Crippen LogP contribution in [0.3, 0.4) is 0 Å². The van der Waals surface area contributed by atoms with Crippen LogP contribution < -0.4 is 16.0 Å². The average molecular weight is 253 g/mol. The Morgan fingerprint density at radius 2 is 1.61 bits per heavy atom. The zero-order chi connectivity index (χ0) is 13.5. The topological polar surface area (TPSA) is 111 Å². The number of hydrogen-bond donors (Lipinski definition) is 5. The smallest absolute Gasteiger partial charge is 0.319 e. The zero-order valence-corrected chi connectivity index (χ0v) is 9.86. The molecule has 0 saturated carbocycles. The van der Waals surface area contributed by atoms with Crippen molar-refractivity contribution in [2.75, 3.05) is 18.4 Å². The van der Waals surface area contributed by atoms with Gasteiger partial charge in [-0.25, -0.2) is 4.79 Å². The maximum absolute atomic E-state index is 11.4. The van der Waals surface area contributed by atoms with Crippen molar-refractivity contribution in [3.8, 4) is 11.5 Å². The molecule has 0 spiro atoms. The lowest BCUT2D eigenvalue weighted by Crippen LogP contribution is -2.36. The summed E-state index contributed by atoms with van der Waals surface area (Å²) in [6.07, 6.45) is 0. The molecule has 0 aromatic heterocycles. The Morgan fingerprint density at radius 1 is 1.06 bits per heavy atom. The summed E-state index contributed by atoms with van der Waals surface area (Å²) in [5.41, 5.74) is 0.268. The molecule has 7 heteroatoms. The number of anilines is 1. The van der Waals surface area contributed by atoms with E-state index < -0.39 is 6.03 Å². The number of rotatable bonds is 4. The van der Waals surface area contributed by atoms with Crippen molar-refractivity contribution in [1.82, 2.24) is 10.6 Å². The van der Waals surface area contributed by atoms with Crippen LogP contribution in [0.1, 0.15) is 6.92 Å². The van der Waals surface area contributed by atoms with Crippen LogP contribution in [-0.4, -0.2) is 35.2 Å². The van der Waals surface area contributed by atoms with Gasteiger partial charge in [0, 0.05) is 43.9 Å². The van der Waals surface area contributed by atoms with Crippen molar-refractivity contribution in [2.45, 2.75) is 6.92 Å². The molecule has 0 atom stereocenters. The number of hydrogen-bond acceptors (Lipinski definition) is 4. The number of carbonyl (C=O) groups excluding carboxylic acids is 2. The number of nitrogens with one attached hydrogen (secondary N) is 3. The SMILES string of the molecule is CC(=O)NCCNC(=O)Nc1cc(O)cc(O)c1. The monoisotopic (exact) mass is 253 g/mol. The maximum Gasteiger partial charge on any atom is 0.319 e. The molecule has 0 unspecified atom stereocenters. The molecule has 1 aromatic carbocycles. The van der Waals surface area contributed by atoms with Crippen molar-refractivity contribution >= 4 is 17.6 Å². The molecular formula is C11H15N3O4. The molecule has 0 aliphatic rings. The predicted octanol–water partition coefficient (Wildman–Crippen LogP) is 0.355. The molecule has 1 aromatic rings. The molecule has 3 amide bonds. The van der Waals surface area contributed by atoms with E-state index in [-0.39, 0.29) is 29.6 Å². The van der Waals surface area contributed by atoms with E-state index in [1.807, 2.05) is 0 Å². The van der Waals surface area contributed by atoms with Crippen LogP contribution in [0.5, 0.6) is 11.5 Å². The Kier molecular flexibility index (Phi) is 4.79. The molecule has 18 heavy (non-hydrogen) atoms. The van der Waals surface area contributed by atoms with Gasteiger partial charge in [-0.2, -0.15) is 0 Å². The van der Waals surface area contributed by atoms with Crippen LogP contribution in [0.25, 0.3) is 0 Å². The van der Waals surface area contributed by atoms with E-state index in [0.717, 1.165) is 6.07 Å². The number of benzene rings is 1. The Balaban J connectivity index is 2.37. The second-order valence-electron chi connectivity index (χ2n) is 3.60. The Morgan fingerprint density at radius 3 is 2.17 bits per heavy atom. The molecule has 0 heterocycles. The summed E-state index contributed by atoms with van der Waals surface area (Å²) in [6, 6.07) is 3.26. The summed E-state index contributed by atoms with van der Waals surface area (Å²) >= 11 is 0. The van der Waals surface area contributed by atoms with Gasteiger partial charge in [0.2, 0.25) is 5.91 Å². The maximum atomic E-state index is 11.4. The number of amides is 3. The van der Waals surface area contributed by atoms with E-state index in [2.05, 4.69) is 16.0 Å². The van der Waals surface area contributed by atoms with Crippen molar-refractivity contribution in [2.24, 2.45) is 0 Å². The van der Waals surface area contributed by atoms with Gasteiger partial charge in [-0.3, -0.25) is 4.79 Å². The number of phenols is 2. The second-order valence-corrected chi connectivity index (χ2v) is 3.60. The number of carbonyl (C=O) groups is 2. The van der Waals surface area contributed by atoms with Gasteiger partial charge in [-0.05, 0) is 0 Å². The first-order valence-corrected chi connectivity index (χ1v) is 5.29. The van der Waals surface area contributed by atoms with Gasteiger partial charge in [-0.15, -0.1) is 0 Å². The summed E-state index contributed by atoms with van der Waals surface area (Å²) in [5.74, 6) is -0.470. The predicted molar refractivity (Wildman–Crippen MR) is 65.5 cm³/mol. The molecule has 7 nitrogen and oxygen atoms in total. The molecule has 0 saturated heterocycles. The molecular weight excluding hydrogens is 238 g/mol. The molecule has 98 valence electrons. The van der Waals surface area contributed by atoms with Crippen LogP contribution >= 0.6 is 0 Å². The van der Waals surface area contributed by atoms with E-state index in [1.165, 1.54) is 19.1 Å². The Hall–Kier alpha value is -2.44. The fourth-order valence-corrected chi connectivity index (χ4v) is 1.26. The van der Waals surface area contributed by atoms with Crippen molar-refractivity contribution in [3.63, 3.8) is 0 Å². The third-order valence-corrected chi connectivity index (χ3v) is 1.94. The lowest BCUT2D eigenvalue weighted by atomic mass is 10.3. The highest BCUT2D eigenvalue weighted by molar-refractivity contribution is 5.89. The van der Waals surface area contributed by atoms with Crippen molar-refractivity contribution in [3.05, 3.63) is 18.2 Å². The van der Waals surface area contributed by atoms with Crippen LogP contribution in [0.2, 0.25) is 0 Å². The summed E-state index contributed by atoms with van der Waals surface area (Å²) in [5, 5.41) is 25.9. The largest absolute Gasteiger partial charge is 0.508 e. The van der Waals surface area contributed by atoms with Crippen LogP contribution in [0.15, 0.2) is 18.2 Å². The number of aromatic hydroxyl groups is 2. The summed E-state index contributed by atoms with van der Waals surface area (Å²) in [4.78, 5) is 21.9. The first kappa shape index (κ1) is 13.6. The van der Waals surface area contributed by atoms with E-state index in [1.54, 1.807) is 0 Å². The molecule has 0 fully saturated rings. The molecule has 1 rings (SSSR count). The summed E-state index contributed by atoms with van der Waals surface area (Å²) in [6.45, 7) is 1.99. The summed E-state index contributed by atoms with van der Waals surface area (Å²) in [7, 11) is 0. The van der Waals surface area contributed by atoms with Gasteiger partial charge >= 0.3 is 6.03 Å².